The third-order valence-electron chi connectivity index (χ3n) is 1.90. The van der Waals surface area contributed by atoms with E-state index in [9.17, 15) is 19.2 Å². The molecule has 0 atom stereocenters. The third-order valence-corrected chi connectivity index (χ3v) is 1.90. The van der Waals surface area contributed by atoms with E-state index in [1.165, 1.54) is 24.3 Å². The van der Waals surface area contributed by atoms with Crippen LogP contribution in [0.3, 0.4) is 0 Å². The van der Waals surface area contributed by atoms with Crippen molar-refractivity contribution >= 4 is 23.9 Å². The summed E-state index contributed by atoms with van der Waals surface area (Å²) in [5.41, 5.74) is -0.380. The normalized spacial score (nSPS) is 12.7. The van der Waals surface area contributed by atoms with Gasteiger partial charge in [-0.3, -0.25) is 9.59 Å². The molecule has 7 nitrogen and oxygen atoms in total. The number of aromatic carboxylic acids is 2. The molecule has 0 saturated carbocycles. The maximum Gasteiger partial charge on any atom is 0.336 e. The molecule has 1 aliphatic rings. The van der Waals surface area contributed by atoms with Crippen molar-refractivity contribution in [3.05, 3.63) is 35.4 Å². The summed E-state index contributed by atoms with van der Waals surface area (Å²) in [6, 6.07) is 5.48. The lowest BCUT2D eigenvalue weighted by atomic mass is 10.1. The predicted octanol–water partition coefficient (Wildman–Crippen LogP) is 0.543. The number of esters is 2. The highest BCUT2D eigenvalue weighted by Crippen LogP contribution is 2.07. The zero-order valence-electron chi connectivity index (χ0n) is 8.95. The van der Waals surface area contributed by atoms with Crippen molar-refractivity contribution in [3.63, 3.8) is 0 Å². The third kappa shape index (κ3) is 3.41. The summed E-state index contributed by atoms with van der Waals surface area (Å²) in [4.78, 5) is 40.3. The van der Waals surface area contributed by atoms with Crippen molar-refractivity contribution in [1.82, 2.24) is 0 Å². The van der Waals surface area contributed by atoms with Crippen molar-refractivity contribution in [2.24, 2.45) is 0 Å². The summed E-state index contributed by atoms with van der Waals surface area (Å²) in [7, 11) is 0. The Labute approximate surface area is 101 Å². The minimum atomic E-state index is -1.23. The molecule has 1 aromatic carbocycles. The number of ether oxygens (including phenoxy) is 1. The van der Waals surface area contributed by atoms with Gasteiger partial charge in [-0.05, 0) is 12.1 Å². The molecule has 0 radical (unpaired) electrons. The maximum absolute atomic E-state index is 10.5. The summed E-state index contributed by atoms with van der Waals surface area (Å²) in [6.45, 7) is 0. The molecule has 2 N–H and O–H groups in total. The topological polar surface area (TPSA) is 118 Å². The maximum atomic E-state index is 10.5. The number of hydrogen-bond donors (Lipinski definition) is 2. The summed E-state index contributed by atoms with van der Waals surface area (Å²) < 4.78 is 3.86. The van der Waals surface area contributed by atoms with E-state index in [0.29, 0.717) is 0 Å². The highest BCUT2D eigenvalue weighted by atomic mass is 16.6. The average molecular weight is 252 g/mol. The molecule has 0 aromatic heterocycles. The lowest BCUT2D eigenvalue weighted by Gasteiger charge is -2.06. The first-order chi connectivity index (χ1) is 8.41. The summed E-state index contributed by atoms with van der Waals surface area (Å²) in [6.07, 6.45) is -0.0278. The molecule has 2 rings (SSSR count). The van der Waals surface area contributed by atoms with Crippen LogP contribution in [0.5, 0.6) is 0 Å². The van der Waals surface area contributed by atoms with Gasteiger partial charge in [0.2, 0.25) is 0 Å². The van der Waals surface area contributed by atoms with Gasteiger partial charge in [0.25, 0.3) is 0 Å². The molecule has 1 heterocycles. The Balaban J connectivity index is 0.000000225. The summed E-state index contributed by atoms with van der Waals surface area (Å²) in [5.74, 6) is -3.29. The van der Waals surface area contributed by atoms with Crippen molar-refractivity contribution < 1.29 is 34.1 Å². The molecule has 0 unspecified atom stereocenters. The van der Waals surface area contributed by atoms with Crippen LogP contribution in [0.2, 0.25) is 0 Å². The van der Waals surface area contributed by atoms with Gasteiger partial charge in [-0.2, -0.15) is 0 Å². The zero-order chi connectivity index (χ0) is 13.7. The highest BCUT2D eigenvalue weighted by molar-refractivity contribution is 6.06. The van der Waals surface area contributed by atoms with Crippen molar-refractivity contribution in [2.45, 2.75) is 6.42 Å². The van der Waals surface area contributed by atoms with Gasteiger partial charge in [-0.1, -0.05) is 12.1 Å². The molecular formula is C11H8O7. The Hall–Kier alpha value is -2.70. The Bertz CT molecular complexity index is 463. The molecule has 0 aliphatic carbocycles. The van der Waals surface area contributed by atoms with Crippen LogP contribution in [0.4, 0.5) is 0 Å². The lowest BCUT2D eigenvalue weighted by molar-refractivity contribution is -0.174. The first-order valence-corrected chi connectivity index (χ1v) is 4.71. The van der Waals surface area contributed by atoms with Crippen LogP contribution in [0.25, 0.3) is 0 Å². The van der Waals surface area contributed by atoms with Crippen LogP contribution in [-0.4, -0.2) is 34.1 Å². The largest absolute Gasteiger partial charge is 0.478 e. The molecule has 7 heteroatoms. The van der Waals surface area contributed by atoms with E-state index in [2.05, 4.69) is 4.74 Å². The fourth-order valence-corrected chi connectivity index (χ4v) is 1.09. The number of carbonyl (C=O) groups is 4. The monoisotopic (exact) mass is 252 g/mol. The second kappa shape index (κ2) is 5.58. The molecule has 1 aromatic rings. The van der Waals surface area contributed by atoms with E-state index < -0.39 is 23.9 Å². The van der Waals surface area contributed by atoms with Gasteiger partial charge in [0, 0.05) is 0 Å². The second-order valence-corrected chi connectivity index (χ2v) is 3.18. The van der Waals surface area contributed by atoms with E-state index in [0.717, 1.165) is 0 Å². The zero-order valence-corrected chi connectivity index (χ0v) is 8.95. The molecule has 1 aliphatic heterocycles. The van der Waals surface area contributed by atoms with Crippen LogP contribution in [0.15, 0.2) is 24.3 Å². The van der Waals surface area contributed by atoms with Gasteiger partial charge < -0.3 is 14.9 Å². The number of carboxylic acid groups (broad SMARTS) is 2. The van der Waals surface area contributed by atoms with Gasteiger partial charge in [0.1, 0.15) is 6.42 Å². The molecule has 1 saturated heterocycles. The Morgan fingerprint density at radius 2 is 1.28 bits per heavy atom. The van der Waals surface area contributed by atoms with Crippen LogP contribution >= 0.6 is 0 Å². The fraction of sp³-hybridized carbons (Fsp3) is 0.0909. The van der Waals surface area contributed by atoms with Crippen LogP contribution in [-0.2, 0) is 14.3 Å². The number of carboxylic acids is 2. The van der Waals surface area contributed by atoms with E-state index >= 15 is 0 Å². The van der Waals surface area contributed by atoms with Crippen molar-refractivity contribution in [3.8, 4) is 0 Å². The number of carbonyl (C=O) groups excluding carboxylic acids is 2. The standard InChI is InChI=1S/C8H6O4.C3H2O3/c9-7(10)5-3-1-2-4-6(5)8(11)12;4-2-1-3(5)6-2/h1-4H,(H,9,10)(H,11,12);1H2. The number of cyclic esters (lactones) is 2. The summed E-state index contributed by atoms with van der Waals surface area (Å²) in [5, 5.41) is 17.1. The predicted molar refractivity (Wildman–Crippen MR) is 56.1 cm³/mol. The van der Waals surface area contributed by atoms with Crippen LogP contribution < -0.4 is 0 Å². The minimum Gasteiger partial charge on any atom is -0.478 e. The smallest absolute Gasteiger partial charge is 0.336 e. The highest BCUT2D eigenvalue weighted by Gasteiger charge is 2.24. The van der Waals surface area contributed by atoms with E-state index in [-0.39, 0.29) is 17.5 Å². The van der Waals surface area contributed by atoms with Gasteiger partial charge in [0.05, 0.1) is 11.1 Å². The van der Waals surface area contributed by atoms with Gasteiger partial charge in [0.15, 0.2) is 0 Å². The molecule has 18 heavy (non-hydrogen) atoms. The van der Waals surface area contributed by atoms with Crippen molar-refractivity contribution in [1.29, 1.82) is 0 Å². The Kier molecular flexibility index (Phi) is 4.14. The van der Waals surface area contributed by atoms with Gasteiger partial charge >= 0.3 is 23.9 Å². The molecular weight excluding hydrogens is 244 g/mol. The quantitative estimate of drug-likeness (QED) is 0.582. The van der Waals surface area contributed by atoms with Crippen LogP contribution in [0.1, 0.15) is 27.1 Å². The molecule has 0 bridgehead atoms. The van der Waals surface area contributed by atoms with Crippen LogP contribution in [0, 0.1) is 0 Å². The van der Waals surface area contributed by atoms with E-state index in [4.69, 9.17) is 10.2 Å². The fourth-order valence-electron chi connectivity index (χ4n) is 1.09. The Morgan fingerprint density at radius 3 is 1.44 bits per heavy atom. The van der Waals surface area contributed by atoms with Gasteiger partial charge in [-0.25, -0.2) is 9.59 Å². The van der Waals surface area contributed by atoms with Crippen molar-refractivity contribution in [2.75, 3.05) is 0 Å². The van der Waals surface area contributed by atoms with E-state index in [1.807, 2.05) is 0 Å². The second-order valence-electron chi connectivity index (χ2n) is 3.18. The number of benzene rings is 1. The number of rotatable bonds is 2. The first-order valence-electron chi connectivity index (χ1n) is 4.71. The molecule has 0 amide bonds. The first kappa shape index (κ1) is 13.4. The molecule has 94 valence electrons. The Morgan fingerprint density at radius 1 is 0.944 bits per heavy atom. The molecule has 0 spiro atoms. The van der Waals surface area contributed by atoms with E-state index in [1.54, 1.807) is 0 Å². The molecule has 1 fully saturated rings. The average Bonchev–Trinajstić information content (AvgIpc) is 2.28. The number of hydrogen-bond acceptors (Lipinski definition) is 5. The summed E-state index contributed by atoms with van der Waals surface area (Å²) >= 11 is 0. The lowest BCUT2D eigenvalue weighted by Crippen LogP contribution is -2.26. The minimum absolute atomic E-state index is 0.0278. The SMILES string of the molecule is O=C(O)c1ccccc1C(=O)O.O=C1CC(=O)O1. The van der Waals surface area contributed by atoms with Gasteiger partial charge in [-0.15, -0.1) is 0 Å².